The molecule has 1 fully saturated rings. The van der Waals surface area contributed by atoms with Gasteiger partial charge in [0.25, 0.3) is 5.91 Å². The topological polar surface area (TPSA) is 111 Å². The van der Waals surface area contributed by atoms with Crippen LogP contribution in [-0.2, 0) is 13.2 Å². The van der Waals surface area contributed by atoms with Crippen molar-refractivity contribution < 1.29 is 18.0 Å². The fourth-order valence-corrected chi connectivity index (χ4v) is 2.88. The van der Waals surface area contributed by atoms with Gasteiger partial charge >= 0.3 is 6.18 Å². The van der Waals surface area contributed by atoms with Gasteiger partial charge in [-0.25, -0.2) is 4.98 Å². The highest BCUT2D eigenvalue weighted by Crippen LogP contribution is 2.37. The molecular weight excluding hydrogens is 351 g/mol. The third kappa shape index (κ3) is 3.55. The second kappa shape index (κ2) is 6.46. The van der Waals surface area contributed by atoms with Crippen molar-refractivity contribution >= 4 is 17.7 Å². The van der Waals surface area contributed by atoms with E-state index in [1.54, 1.807) is 13.1 Å². The predicted molar refractivity (Wildman–Crippen MR) is 87.4 cm³/mol. The van der Waals surface area contributed by atoms with Crippen LogP contribution in [0.1, 0.15) is 40.6 Å². The summed E-state index contributed by atoms with van der Waals surface area (Å²) in [7, 11) is 3.02. The maximum Gasteiger partial charge on any atom is 0.435 e. The minimum Gasteiger partial charge on any atom is -0.373 e. The van der Waals surface area contributed by atoms with Gasteiger partial charge in [0.15, 0.2) is 5.69 Å². The molecule has 0 atom stereocenters. The molecule has 3 rings (SSSR count). The Balaban J connectivity index is 1.62. The molecular formula is C15H18F3N7O. The van der Waals surface area contributed by atoms with E-state index in [2.05, 4.69) is 25.7 Å². The van der Waals surface area contributed by atoms with Gasteiger partial charge in [-0.2, -0.15) is 23.3 Å². The van der Waals surface area contributed by atoms with Crippen molar-refractivity contribution in [1.29, 1.82) is 0 Å². The van der Waals surface area contributed by atoms with E-state index in [1.807, 2.05) is 0 Å². The normalized spacial score (nSPS) is 19.7. The van der Waals surface area contributed by atoms with Gasteiger partial charge < -0.3 is 16.4 Å². The average molecular weight is 369 g/mol. The Morgan fingerprint density at radius 2 is 2.00 bits per heavy atom. The maximum atomic E-state index is 12.7. The highest BCUT2D eigenvalue weighted by molar-refractivity contribution is 5.93. The molecule has 140 valence electrons. The second-order valence-corrected chi connectivity index (χ2v) is 6.16. The summed E-state index contributed by atoms with van der Waals surface area (Å²) in [5.41, 5.74) is 5.21. The zero-order valence-corrected chi connectivity index (χ0v) is 14.1. The third-order valence-electron chi connectivity index (χ3n) is 4.31. The molecule has 0 bridgehead atoms. The molecule has 0 unspecified atom stereocenters. The van der Waals surface area contributed by atoms with E-state index in [-0.39, 0.29) is 23.6 Å². The molecule has 1 aliphatic carbocycles. The number of nitrogens with zero attached hydrogens (tertiary/aromatic N) is 4. The van der Waals surface area contributed by atoms with Gasteiger partial charge in [-0.15, -0.1) is 0 Å². The first-order valence-electron chi connectivity index (χ1n) is 7.91. The van der Waals surface area contributed by atoms with Crippen LogP contribution >= 0.6 is 0 Å². The van der Waals surface area contributed by atoms with Crippen molar-refractivity contribution in [2.45, 2.75) is 31.0 Å². The number of amides is 1. The highest BCUT2D eigenvalue weighted by atomic mass is 19.4. The monoisotopic (exact) mass is 369 g/mol. The number of aromatic nitrogens is 4. The number of hydrogen-bond acceptors (Lipinski definition) is 6. The number of nitrogens with two attached hydrogens (primary N) is 1. The lowest BCUT2D eigenvalue weighted by molar-refractivity contribution is -0.141. The summed E-state index contributed by atoms with van der Waals surface area (Å²) in [6, 6.07) is 2.39. The van der Waals surface area contributed by atoms with Crippen molar-refractivity contribution in [3.63, 3.8) is 0 Å². The molecule has 11 heteroatoms. The van der Waals surface area contributed by atoms with E-state index in [4.69, 9.17) is 5.73 Å². The smallest absolute Gasteiger partial charge is 0.373 e. The number of halogens is 3. The Hall–Kier alpha value is -2.85. The predicted octanol–water partition coefficient (Wildman–Crippen LogP) is 1.53. The lowest BCUT2D eigenvalue weighted by Crippen LogP contribution is -2.44. The summed E-state index contributed by atoms with van der Waals surface area (Å²) < 4.78 is 39.0. The van der Waals surface area contributed by atoms with Crippen LogP contribution in [0.4, 0.5) is 24.9 Å². The Kier molecular flexibility index (Phi) is 4.46. The first-order valence-corrected chi connectivity index (χ1v) is 7.91. The Bertz CT molecular complexity index is 827. The number of anilines is 2. The van der Waals surface area contributed by atoms with E-state index in [0.717, 1.165) is 16.4 Å². The molecule has 2 aromatic heterocycles. The third-order valence-corrected chi connectivity index (χ3v) is 4.31. The van der Waals surface area contributed by atoms with E-state index >= 15 is 0 Å². The van der Waals surface area contributed by atoms with Gasteiger partial charge in [0.1, 0.15) is 11.5 Å². The zero-order chi connectivity index (χ0) is 19.1. The molecule has 26 heavy (non-hydrogen) atoms. The molecule has 0 spiro atoms. The van der Waals surface area contributed by atoms with Gasteiger partial charge in [0, 0.05) is 38.2 Å². The average Bonchev–Trinajstić information content (AvgIpc) is 2.91. The van der Waals surface area contributed by atoms with E-state index in [1.165, 1.54) is 7.05 Å². The summed E-state index contributed by atoms with van der Waals surface area (Å²) in [5.74, 6) is 0.287. The van der Waals surface area contributed by atoms with E-state index in [0.29, 0.717) is 18.7 Å². The maximum absolute atomic E-state index is 12.7. The van der Waals surface area contributed by atoms with Crippen LogP contribution in [0.15, 0.2) is 12.1 Å². The van der Waals surface area contributed by atoms with Crippen LogP contribution in [0.5, 0.6) is 0 Å². The molecule has 0 radical (unpaired) electrons. The fourth-order valence-electron chi connectivity index (χ4n) is 2.88. The van der Waals surface area contributed by atoms with E-state index in [9.17, 15) is 18.0 Å². The molecule has 0 saturated heterocycles. The van der Waals surface area contributed by atoms with E-state index < -0.39 is 17.8 Å². The summed E-state index contributed by atoms with van der Waals surface area (Å²) in [5, 5.41) is 8.96. The molecule has 4 N–H and O–H groups in total. The number of nitrogen functional groups attached to an aromatic ring is 1. The molecule has 1 saturated carbocycles. The van der Waals surface area contributed by atoms with Crippen LogP contribution in [0, 0.1) is 0 Å². The van der Waals surface area contributed by atoms with Crippen LogP contribution < -0.4 is 16.4 Å². The number of rotatable bonds is 4. The van der Waals surface area contributed by atoms with Gasteiger partial charge in [-0.05, 0) is 12.8 Å². The second-order valence-electron chi connectivity index (χ2n) is 6.16. The lowest BCUT2D eigenvalue weighted by atomic mass is 9.78. The van der Waals surface area contributed by atoms with Crippen LogP contribution in [0.2, 0.25) is 0 Å². The molecule has 2 aromatic rings. The number of carbonyl (C=O) groups excluding carboxylic acids is 1. The van der Waals surface area contributed by atoms with Gasteiger partial charge in [0.05, 0.1) is 5.69 Å². The SMILES string of the molecule is CNc1cc(C2CC(NC(=O)c3cc(C(F)(F)F)nn3C)C2)nc(N)n1. The van der Waals surface area contributed by atoms with Crippen molar-refractivity contribution in [3.8, 4) is 0 Å². The number of nitrogens with one attached hydrogen (secondary N) is 2. The molecule has 2 heterocycles. The highest BCUT2D eigenvalue weighted by Gasteiger charge is 2.37. The first-order chi connectivity index (χ1) is 12.2. The molecule has 1 amide bonds. The lowest BCUT2D eigenvalue weighted by Gasteiger charge is -2.35. The van der Waals surface area contributed by atoms with Crippen molar-refractivity contribution in [1.82, 2.24) is 25.1 Å². The van der Waals surface area contributed by atoms with Crippen LogP contribution in [0.25, 0.3) is 0 Å². The first kappa shape index (κ1) is 18.0. The van der Waals surface area contributed by atoms with Crippen molar-refractivity contribution in [2.24, 2.45) is 7.05 Å². The largest absolute Gasteiger partial charge is 0.435 e. The summed E-state index contributed by atoms with van der Waals surface area (Å²) in [6.45, 7) is 0. The Morgan fingerprint density at radius 3 is 2.58 bits per heavy atom. The van der Waals surface area contributed by atoms with Gasteiger partial charge in [-0.1, -0.05) is 0 Å². The Labute approximate surface area is 147 Å². The van der Waals surface area contributed by atoms with Gasteiger partial charge in [-0.3, -0.25) is 9.48 Å². The number of aryl methyl sites for hydroxylation is 1. The quantitative estimate of drug-likeness (QED) is 0.754. The molecule has 8 nitrogen and oxygen atoms in total. The van der Waals surface area contributed by atoms with Crippen LogP contribution in [-0.4, -0.2) is 38.7 Å². The summed E-state index contributed by atoms with van der Waals surface area (Å²) >= 11 is 0. The van der Waals surface area contributed by atoms with Crippen LogP contribution in [0.3, 0.4) is 0 Å². The summed E-state index contributed by atoms with van der Waals surface area (Å²) in [4.78, 5) is 20.4. The Morgan fingerprint density at radius 1 is 1.31 bits per heavy atom. The van der Waals surface area contributed by atoms with Gasteiger partial charge in [0.2, 0.25) is 5.95 Å². The van der Waals surface area contributed by atoms with Crippen molar-refractivity contribution in [3.05, 3.63) is 29.2 Å². The minimum atomic E-state index is -4.59. The molecule has 0 aliphatic heterocycles. The number of carbonyl (C=O) groups is 1. The zero-order valence-electron chi connectivity index (χ0n) is 14.1. The molecule has 0 aromatic carbocycles. The standard InChI is InChI=1S/C15H18F3N7O/c1-20-12-5-9(22-14(19)23-12)7-3-8(4-7)21-13(26)10-6-11(15(16,17)18)24-25(10)2/h5-8H,3-4H2,1-2H3,(H,21,26)(H3,19,20,22,23). The minimum absolute atomic E-state index is 0.106. The van der Waals surface area contributed by atoms with Crippen molar-refractivity contribution in [2.75, 3.05) is 18.1 Å². The fraction of sp³-hybridized carbons (Fsp3) is 0.467. The number of hydrogen-bond donors (Lipinski definition) is 3. The molecule has 1 aliphatic rings. The number of alkyl halides is 3. The summed E-state index contributed by atoms with van der Waals surface area (Å²) in [6.07, 6.45) is -3.35.